The van der Waals surface area contributed by atoms with Crippen molar-refractivity contribution in [2.24, 2.45) is 0 Å². The first-order valence-corrected chi connectivity index (χ1v) is 5.17. The average molecular weight is 229 g/mol. The molecule has 4 heteroatoms. The summed E-state index contributed by atoms with van der Waals surface area (Å²) in [4.78, 5) is 26.4. The Morgan fingerprint density at radius 3 is 2.76 bits per heavy atom. The zero-order chi connectivity index (χ0) is 12.2. The lowest BCUT2D eigenvalue weighted by molar-refractivity contribution is 0.0983. The normalized spacial score (nSPS) is 15.1. The van der Waals surface area contributed by atoms with Crippen LogP contribution < -0.4 is 0 Å². The third-order valence-corrected chi connectivity index (χ3v) is 2.96. The molecule has 3 nitrogen and oxygen atoms in total. The zero-order valence-corrected chi connectivity index (χ0v) is 9.00. The molecule has 0 atom stereocenters. The number of ketones is 2. The van der Waals surface area contributed by atoms with E-state index in [-0.39, 0.29) is 28.3 Å². The fourth-order valence-corrected chi connectivity index (χ4v) is 2.13. The maximum atomic E-state index is 13.6. The van der Waals surface area contributed by atoms with E-state index < -0.39 is 5.82 Å². The summed E-state index contributed by atoms with van der Waals surface area (Å²) in [7, 11) is 0. The molecule has 1 aromatic carbocycles. The number of nitrogens with one attached hydrogen (secondary N) is 1. The number of Topliss-reactive ketones (excluding diaryl/α,β-unsaturated/α-hetero) is 1. The number of allylic oxidation sites excluding steroid dienone is 2. The molecule has 0 bridgehead atoms. The van der Waals surface area contributed by atoms with E-state index in [0.717, 1.165) is 0 Å². The number of para-hydroxylation sites is 1. The van der Waals surface area contributed by atoms with E-state index in [1.807, 2.05) is 0 Å². The second-order valence-electron chi connectivity index (χ2n) is 4.06. The van der Waals surface area contributed by atoms with Gasteiger partial charge in [0.05, 0.1) is 16.8 Å². The first kappa shape index (κ1) is 9.96. The molecule has 0 spiro atoms. The van der Waals surface area contributed by atoms with Crippen molar-refractivity contribution in [3.05, 3.63) is 46.9 Å². The van der Waals surface area contributed by atoms with Gasteiger partial charge in [0.15, 0.2) is 5.78 Å². The number of fused-ring (bicyclic) bond motifs is 3. The number of hydrogen-bond donors (Lipinski definition) is 1. The molecule has 1 aliphatic carbocycles. The second-order valence-corrected chi connectivity index (χ2v) is 4.06. The van der Waals surface area contributed by atoms with Crippen LogP contribution in [0.15, 0.2) is 29.8 Å². The molecule has 0 unspecified atom stereocenters. The summed E-state index contributed by atoms with van der Waals surface area (Å²) in [6.45, 7) is 1.58. The van der Waals surface area contributed by atoms with Crippen LogP contribution in [0.4, 0.5) is 4.39 Å². The van der Waals surface area contributed by atoms with Crippen LogP contribution in [0.25, 0.3) is 10.9 Å². The van der Waals surface area contributed by atoms with Crippen molar-refractivity contribution < 1.29 is 14.0 Å². The van der Waals surface area contributed by atoms with Crippen molar-refractivity contribution in [2.75, 3.05) is 0 Å². The Hall–Kier alpha value is -2.23. The van der Waals surface area contributed by atoms with Crippen LogP contribution in [0.1, 0.15) is 27.8 Å². The summed E-state index contributed by atoms with van der Waals surface area (Å²) < 4.78 is 13.6. The number of benzene rings is 1. The Kier molecular flexibility index (Phi) is 1.84. The van der Waals surface area contributed by atoms with E-state index >= 15 is 0 Å². The van der Waals surface area contributed by atoms with Gasteiger partial charge in [-0.1, -0.05) is 12.1 Å². The van der Waals surface area contributed by atoms with Crippen LogP contribution in [0.3, 0.4) is 0 Å². The van der Waals surface area contributed by atoms with Crippen molar-refractivity contribution >= 4 is 22.5 Å². The van der Waals surface area contributed by atoms with Gasteiger partial charge in [-0.2, -0.15) is 0 Å². The summed E-state index contributed by atoms with van der Waals surface area (Å²) in [5.74, 6) is -0.973. The lowest BCUT2D eigenvalue weighted by Crippen LogP contribution is -2.14. The smallest absolute Gasteiger partial charge is 0.203 e. The molecule has 2 aromatic rings. The molecule has 0 aliphatic heterocycles. The minimum absolute atomic E-state index is 0.181. The van der Waals surface area contributed by atoms with Gasteiger partial charge in [0.25, 0.3) is 0 Å². The predicted molar refractivity (Wildman–Crippen MR) is 60.7 cm³/mol. The summed E-state index contributed by atoms with van der Waals surface area (Å²) in [6, 6.07) is 4.45. The molecule has 1 N–H and O–H groups in total. The largest absolute Gasteiger partial charge is 0.349 e. The van der Waals surface area contributed by atoms with Crippen LogP contribution in [-0.4, -0.2) is 16.6 Å². The number of hydrogen-bond acceptors (Lipinski definition) is 2. The molecule has 0 amide bonds. The summed E-state index contributed by atoms with van der Waals surface area (Å²) in [5.41, 5.74) is 1.06. The molecule has 1 aliphatic rings. The lowest BCUT2D eigenvalue weighted by atomic mass is 9.94. The van der Waals surface area contributed by atoms with Gasteiger partial charge in [-0.05, 0) is 19.1 Å². The predicted octanol–water partition coefficient (Wildman–Crippen LogP) is 2.63. The zero-order valence-electron chi connectivity index (χ0n) is 9.00. The van der Waals surface area contributed by atoms with Crippen molar-refractivity contribution in [1.82, 2.24) is 4.98 Å². The van der Waals surface area contributed by atoms with E-state index in [0.29, 0.717) is 11.0 Å². The van der Waals surface area contributed by atoms with E-state index in [4.69, 9.17) is 0 Å². The van der Waals surface area contributed by atoms with Crippen molar-refractivity contribution in [3.63, 3.8) is 0 Å². The quantitative estimate of drug-likeness (QED) is 0.754. The van der Waals surface area contributed by atoms with Gasteiger partial charge in [-0.3, -0.25) is 9.59 Å². The SMILES string of the molecule is CC1=CC(=O)c2[nH]c3c(F)cccc3c2C1=O. The Balaban J connectivity index is 2.46. The maximum absolute atomic E-state index is 13.6. The molecule has 1 aromatic heterocycles. The highest BCUT2D eigenvalue weighted by atomic mass is 19.1. The minimum Gasteiger partial charge on any atom is -0.349 e. The van der Waals surface area contributed by atoms with Crippen molar-refractivity contribution in [3.8, 4) is 0 Å². The average Bonchev–Trinajstić information content (AvgIpc) is 2.68. The van der Waals surface area contributed by atoms with Gasteiger partial charge in [-0.25, -0.2) is 4.39 Å². The van der Waals surface area contributed by atoms with Gasteiger partial charge < -0.3 is 4.98 Å². The molecule has 0 saturated carbocycles. The molecule has 0 saturated heterocycles. The number of carbonyl (C=O) groups excluding carboxylic acids is 2. The maximum Gasteiger partial charge on any atom is 0.203 e. The molecule has 17 heavy (non-hydrogen) atoms. The van der Waals surface area contributed by atoms with Crippen LogP contribution >= 0.6 is 0 Å². The van der Waals surface area contributed by atoms with Crippen molar-refractivity contribution in [2.45, 2.75) is 6.92 Å². The van der Waals surface area contributed by atoms with Gasteiger partial charge >= 0.3 is 0 Å². The number of rotatable bonds is 0. The van der Waals surface area contributed by atoms with Gasteiger partial charge in [-0.15, -0.1) is 0 Å². The highest BCUT2D eigenvalue weighted by Gasteiger charge is 2.28. The van der Waals surface area contributed by atoms with E-state index in [2.05, 4.69) is 4.98 Å². The molecule has 84 valence electrons. The third kappa shape index (κ3) is 1.21. The van der Waals surface area contributed by atoms with Gasteiger partial charge in [0.2, 0.25) is 5.78 Å². The monoisotopic (exact) mass is 229 g/mol. The van der Waals surface area contributed by atoms with E-state index in [1.54, 1.807) is 13.0 Å². The van der Waals surface area contributed by atoms with Gasteiger partial charge in [0.1, 0.15) is 5.82 Å². The molecule has 0 radical (unpaired) electrons. The Bertz CT molecular complexity index is 710. The Morgan fingerprint density at radius 2 is 2.00 bits per heavy atom. The molecule has 0 fully saturated rings. The highest BCUT2D eigenvalue weighted by molar-refractivity contribution is 6.28. The molecule has 1 heterocycles. The summed E-state index contributed by atoms with van der Waals surface area (Å²) >= 11 is 0. The second kappa shape index (κ2) is 3.13. The Labute approximate surface area is 95.9 Å². The summed E-state index contributed by atoms with van der Waals surface area (Å²) in [5, 5.41) is 0.464. The van der Waals surface area contributed by atoms with Gasteiger partial charge in [0, 0.05) is 11.0 Å². The number of aromatic nitrogens is 1. The fraction of sp³-hybridized carbons (Fsp3) is 0.0769. The van der Waals surface area contributed by atoms with Crippen molar-refractivity contribution in [1.29, 1.82) is 0 Å². The summed E-state index contributed by atoms with van der Waals surface area (Å²) in [6.07, 6.45) is 1.28. The van der Waals surface area contributed by atoms with Crippen LogP contribution in [-0.2, 0) is 0 Å². The van der Waals surface area contributed by atoms with E-state index in [1.165, 1.54) is 18.2 Å². The lowest BCUT2D eigenvalue weighted by Gasteiger charge is -2.07. The number of carbonyl (C=O) groups is 2. The Morgan fingerprint density at radius 1 is 1.24 bits per heavy atom. The molecule has 3 rings (SSSR count). The first-order valence-electron chi connectivity index (χ1n) is 5.17. The third-order valence-electron chi connectivity index (χ3n) is 2.96. The van der Waals surface area contributed by atoms with Crippen LogP contribution in [0, 0.1) is 5.82 Å². The standard InChI is InChI=1S/C13H8FNO2/c1-6-5-9(16)12-10(13(6)17)7-3-2-4-8(14)11(7)15-12/h2-5,15H,1H3. The minimum atomic E-state index is -0.463. The number of H-pyrrole nitrogens is 1. The van der Waals surface area contributed by atoms with Crippen LogP contribution in [0.2, 0.25) is 0 Å². The molecular formula is C13H8FNO2. The van der Waals surface area contributed by atoms with E-state index in [9.17, 15) is 14.0 Å². The molecular weight excluding hydrogens is 221 g/mol. The highest BCUT2D eigenvalue weighted by Crippen LogP contribution is 2.29. The first-order chi connectivity index (χ1) is 8.09. The number of halogens is 1. The van der Waals surface area contributed by atoms with Crippen LogP contribution in [0.5, 0.6) is 0 Å². The topological polar surface area (TPSA) is 49.9 Å². The number of aromatic amines is 1. The fourth-order valence-electron chi connectivity index (χ4n) is 2.13.